The highest BCUT2D eigenvalue weighted by Gasteiger charge is 2.29. The molecule has 4 nitrogen and oxygen atoms in total. The van der Waals surface area contributed by atoms with Crippen molar-refractivity contribution >= 4 is 39.9 Å². The lowest BCUT2D eigenvalue weighted by Crippen LogP contribution is -2.22. The number of carbonyl (C=O) groups is 1. The number of thiocarbonyl (C=S) groups is 1. The van der Waals surface area contributed by atoms with E-state index in [1.165, 1.54) is 47.1 Å². The second kappa shape index (κ2) is 9.84. The first-order valence-corrected chi connectivity index (χ1v) is 11.7. The van der Waals surface area contributed by atoms with Crippen molar-refractivity contribution in [2.24, 2.45) is 0 Å². The number of carbonyl (C=O) groups excluding carboxylic acids is 1. The average Bonchev–Trinajstić information content (AvgIpc) is 3.15. The first kappa shape index (κ1) is 22.6. The zero-order valence-electron chi connectivity index (χ0n) is 18.4. The third-order valence-corrected chi connectivity index (χ3v) is 6.90. The fourth-order valence-corrected chi connectivity index (χ4v) is 4.64. The number of aryl methyl sites for hydroxylation is 2. The Bertz CT molecular complexity index is 947. The van der Waals surface area contributed by atoms with Crippen molar-refractivity contribution in [3.63, 3.8) is 0 Å². The Labute approximate surface area is 189 Å². The molecule has 2 heterocycles. The van der Waals surface area contributed by atoms with Crippen LogP contribution in [0.15, 0.2) is 46.7 Å². The highest BCUT2D eigenvalue weighted by atomic mass is 32.2. The standard InChI is InChI=1S/C24H30N2O2S2/c1-6-7-8-9-12-26-19-14-17(3)18(4)15-20(19)28-22(26)11-10-16(2)13-21-23(27)25(5)24(29)30-21/h10-11,13-15H,6-9,12H2,1-5H3/b16-10-,21-13?,22-11?. The first-order valence-electron chi connectivity index (χ1n) is 10.5. The first-order chi connectivity index (χ1) is 14.3. The Morgan fingerprint density at radius 1 is 1.20 bits per heavy atom. The Hall–Kier alpha value is -2.05. The number of allylic oxidation sites excluding steroid dienone is 4. The van der Waals surface area contributed by atoms with E-state index >= 15 is 0 Å². The summed E-state index contributed by atoms with van der Waals surface area (Å²) >= 11 is 6.55. The van der Waals surface area contributed by atoms with Crippen LogP contribution in [0.25, 0.3) is 0 Å². The molecule has 3 rings (SSSR count). The van der Waals surface area contributed by atoms with Gasteiger partial charge in [0.1, 0.15) is 4.32 Å². The molecule has 1 aromatic rings. The smallest absolute Gasteiger partial charge is 0.265 e. The van der Waals surface area contributed by atoms with E-state index in [9.17, 15) is 4.79 Å². The van der Waals surface area contributed by atoms with Gasteiger partial charge in [-0.2, -0.15) is 0 Å². The Morgan fingerprint density at radius 2 is 1.93 bits per heavy atom. The zero-order chi connectivity index (χ0) is 21.8. The molecule has 160 valence electrons. The van der Waals surface area contributed by atoms with Crippen LogP contribution in [0, 0.1) is 13.8 Å². The van der Waals surface area contributed by atoms with Crippen molar-refractivity contribution in [3.8, 4) is 5.75 Å². The molecule has 0 atom stereocenters. The van der Waals surface area contributed by atoms with Crippen molar-refractivity contribution in [1.82, 2.24) is 4.90 Å². The fraction of sp³-hybridized carbons (Fsp3) is 0.417. The maximum atomic E-state index is 12.2. The molecule has 0 bridgehead atoms. The van der Waals surface area contributed by atoms with Crippen molar-refractivity contribution in [1.29, 1.82) is 0 Å². The lowest BCUT2D eigenvalue weighted by molar-refractivity contribution is -0.121. The predicted molar refractivity (Wildman–Crippen MR) is 131 cm³/mol. The summed E-state index contributed by atoms with van der Waals surface area (Å²) in [6.07, 6.45) is 10.7. The Morgan fingerprint density at radius 3 is 2.60 bits per heavy atom. The van der Waals surface area contributed by atoms with Crippen LogP contribution in [0.3, 0.4) is 0 Å². The lowest BCUT2D eigenvalue weighted by atomic mass is 10.1. The third kappa shape index (κ3) is 4.98. The minimum atomic E-state index is -0.0431. The molecule has 0 spiro atoms. The lowest BCUT2D eigenvalue weighted by Gasteiger charge is -2.18. The maximum absolute atomic E-state index is 12.2. The highest BCUT2D eigenvalue weighted by Crippen LogP contribution is 2.41. The summed E-state index contributed by atoms with van der Waals surface area (Å²) < 4.78 is 6.80. The van der Waals surface area contributed by atoms with Gasteiger partial charge in [-0.3, -0.25) is 9.69 Å². The third-order valence-electron chi connectivity index (χ3n) is 5.42. The van der Waals surface area contributed by atoms with Crippen LogP contribution in [-0.2, 0) is 4.79 Å². The number of ether oxygens (including phenoxy) is 1. The van der Waals surface area contributed by atoms with Gasteiger partial charge in [-0.05, 0) is 68.2 Å². The summed E-state index contributed by atoms with van der Waals surface area (Å²) in [7, 11) is 1.71. The Balaban J connectivity index is 1.83. The van der Waals surface area contributed by atoms with Crippen LogP contribution in [0.5, 0.6) is 5.75 Å². The van der Waals surface area contributed by atoms with Gasteiger partial charge in [0.2, 0.25) is 5.88 Å². The quantitative estimate of drug-likeness (QED) is 0.283. The van der Waals surface area contributed by atoms with Crippen molar-refractivity contribution in [2.75, 3.05) is 18.5 Å². The highest BCUT2D eigenvalue weighted by molar-refractivity contribution is 8.26. The maximum Gasteiger partial charge on any atom is 0.265 e. The Kier molecular flexibility index (Phi) is 7.42. The summed E-state index contributed by atoms with van der Waals surface area (Å²) in [5.41, 5.74) is 4.62. The molecule has 2 aliphatic rings. The van der Waals surface area contributed by atoms with Gasteiger partial charge in [0.15, 0.2) is 5.75 Å². The second-order valence-corrected chi connectivity index (χ2v) is 9.55. The number of anilines is 1. The number of unbranched alkanes of at least 4 members (excludes halogenated alkanes) is 3. The summed E-state index contributed by atoms with van der Waals surface area (Å²) in [4.78, 5) is 16.7. The number of likely N-dealkylation sites (N-methyl/N-ethyl adjacent to an activating group) is 1. The molecule has 2 aliphatic heterocycles. The van der Waals surface area contributed by atoms with Gasteiger partial charge in [0.25, 0.3) is 5.91 Å². The molecular formula is C24H30N2O2S2. The summed E-state index contributed by atoms with van der Waals surface area (Å²) in [6, 6.07) is 4.34. The van der Waals surface area contributed by atoms with Gasteiger partial charge in [-0.15, -0.1) is 0 Å². The van der Waals surface area contributed by atoms with E-state index in [-0.39, 0.29) is 5.91 Å². The van der Waals surface area contributed by atoms with Crippen LogP contribution in [0.4, 0.5) is 5.69 Å². The molecule has 1 aromatic carbocycles. The number of thioether (sulfide) groups is 1. The number of rotatable bonds is 7. The van der Waals surface area contributed by atoms with E-state index < -0.39 is 0 Å². The second-order valence-electron chi connectivity index (χ2n) is 7.87. The molecule has 30 heavy (non-hydrogen) atoms. The van der Waals surface area contributed by atoms with Crippen LogP contribution < -0.4 is 9.64 Å². The molecule has 1 fully saturated rings. The van der Waals surface area contributed by atoms with Gasteiger partial charge < -0.3 is 9.64 Å². The molecule has 0 radical (unpaired) electrons. The minimum absolute atomic E-state index is 0.0431. The monoisotopic (exact) mass is 442 g/mol. The van der Waals surface area contributed by atoms with Gasteiger partial charge in [0.05, 0.1) is 10.6 Å². The van der Waals surface area contributed by atoms with Crippen LogP contribution in [0.1, 0.15) is 50.7 Å². The molecule has 0 aliphatic carbocycles. The molecule has 6 heteroatoms. The van der Waals surface area contributed by atoms with Gasteiger partial charge in [-0.1, -0.05) is 56.2 Å². The van der Waals surface area contributed by atoms with Crippen molar-refractivity contribution in [3.05, 3.63) is 57.8 Å². The van der Waals surface area contributed by atoms with E-state index in [0.717, 1.165) is 35.9 Å². The number of nitrogens with zero attached hydrogens (tertiary/aromatic N) is 2. The molecule has 0 unspecified atom stereocenters. The fourth-order valence-electron chi connectivity index (χ4n) is 3.41. The van der Waals surface area contributed by atoms with E-state index in [1.807, 2.05) is 25.2 Å². The normalized spacial score (nSPS) is 19.3. The molecule has 0 saturated carbocycles. The van der Waals surface area contributed by atoms with Crippen molar-refractivity contribution < 1.29 is 9.53 Å². The zero-order valence-corrected chi connectivity index (χ0v) is 20.1. The van der Waals surface area contributed by atoms with Gasteiger partial charge >= 0.3 is 0 Å². The molecule has 0 aromatic heterocycles. The molecule has 0 N–H and O–H groups in total. The topological polar surface area (TPSA) is 32.8 Å². The molecule has 1 amide bonds. The molecular weight excluding hydrogens is 412 g/mol. The van der Waals surface area contributed by atoms with E-state index in [1.54, 1.807) is 7.05 Å². The molecule has 1 saturated heterocycles. The average molecular weight is 443 g/mol. The summed E-state index contributed by atoms with van der Waals surface area (Å²) in [5.74, 6) is 1.71. The number of amides is 1. The van der Waals surface area contributed by atoms with Gasteiger partial charge in [-0.25, -0.2) is 0 Å². The number of benzene rings is 1. The number of hydrogen-bond acceptors (Lipinski definition) is 5. The SMILES string of the molecule is CCCCCCN1C(=C/C=C(/C)C=C2SC(=S)N(C)C2=O)Oc2cc(C)c(C)cc21. The minimum Gasteiger partial charge on any atom is -0.439 e. The van der Waals surface area contributed by atoms with E-state index in [4.69, 9.17) is 17.0 Å². The predicted octanol–water partition coefficient (Wildman–Crippen LogP) is 6.24. The summed E-state index contributed by atoms with van der Waals surface area (Å²) in [6.45, 7) is 9.40. The van der Waals surface area contributed by atoms with Crippen LogP contribution in [0.2, 0.25) is 0 Å². The number of fused-ring (bicyclic) bond motifs is 1. The van der Waals surface area contributed by atoms with E-state index in [2.05, 4.69) is 37.8 Å². The summed E-state index contributed by atoms with van der Waals surface area (Å²) in [5, 5.41) is 0. The largest absolute Gasteiger partial charge is 0.439 e. The van der Waals surface area contributed by atoms with E-state index in [0.29, 0.717) is 9.23 Å². The van der Waals surface area contributed by atoms with Crippen molar-refractivity contribution in [2.45, 2.75) is 53.4 Å². The van der Waals surface area contributed by atoms with Gasteiger partial charge in [0, 0.05) is 13.6 Å². The number of hydrogen-bond donors (Lipinski definition) is 0. The van der Waals surface area contributed by atoms with Crippen LogP contribution in [-0.4, -0.2) is 28.7 Å². The van der Waals surface area contributed by atoms with Crippen LogP contribution >= 0.6 is 24.0 Å².